The van der Waals surface area contributed by atoms with Gasteiger partial charge in [0, 0.05) is 44.9 Å². The molecule has 4 N–H and O–H groups in total. The van der Waals surface area contributed by atoms with Crippen molar-refractivity contribution in [3.05, 3.63) is 185 Å². The predicted octanol–water partition coefficient (Wildman–Crippen LogP) is 8.88. The summed E-state index contributed by atoms with van der Waals surface area (Å²) in [5.41, 5.74) is 11.6. The van der Waals surface area contributed by atoms with Crippen LogP contribution in [0.3, 0.4) is 0 Å². The first-order valence-electron chi connectivity index (χ1n) is 15.7. The molecule has 0 aliphatic carbocycles. The highest BCUT2D eigenvalue weighted by atomic mass is 16.2. The minimum atomic E-state index is -0.388. The van der Waals surface area contributed by atoms with E-state index in [9.17, 15) is 9.59 Å². The van der Waals surface area contributed by atoms with Gasteiger partial charge in [-0.2, -0.15) is 0 Å². The van der Waals surface area contributed by atoms with Crippen LogP contribution in [0.5, 0.6) is 0 Å². The average Bonchev–Trinajstić information content (AvgIpc) is 3.13. The van der Waals surface area contributed by atoms with E-state index >= 15 is 0 Å². The van der Waals surface area contributed by atoms with Crippen molar-refractivity contribution in [3.8, 4) is 23.7 Å². The first-order chi connectivity index (χ1) is 24.0. The number of anilines is 3. The Kier molecular flexibility index (Phi) is 8.56. The van der Waals surface area contributed by atoms with Crippen molar-refractivity contribution in [1.82, 2.24) is 0 Å². The number of hydrogen-bond acceptors (Lipinski definition) is 3. The third-order valence-corrected chi connectivity index (χ3v) is 8.06. The smallest absolute Gasteiger partial charge is 0.257 e. The van der Waals surface area contributed by atoms with E-state index in [0.717, 1.165) is 43.8 Å². The Labute approximate surface area is 284 Å². The predicted molar refractivity (Wildman–Crippen MR) is 200 cm³/mol. The lowest BCUT2D eigenvalue weighted by atomic mass is 10.0. The van der Waals surface area contributed by atoms with Crippen molar-refractivity contribution in [3.63, 3.8) is 0 Å². The first kappa shape index (κ1) is 30.6. The van der Waals surface area contributed by atoms with E-state index < -0.39 is 0 Å². The molecule has 5 nitrogen and oxygen atoms in total. The zero-order chi connectivity index (χ0) is 33.6. The van der Waals surface area contributed by atoms with Gasteiger partial charge >= 0.3 is 0 Å². The number of hydrogen-bond donors (Lipinski definition) is 3. The van der Waals surface area contributed by atoms with Crippen LogP contribution in [0.4, 0.5) is 17.1 Å². The van der Waals surface area contributed by atoms with Crippen LogP contribution in [-0.2, 0) is 0 Å². The van der Waals surface area contributed by atoms with E-state index in [1.165, 1.54) is 6.07 Å². The van der Waals surface area contributed by atoms with Gasteiger partial charge in [0.25, 0.3) is 11.8 Å². The van der Waals surface area contributed by atoms with Crippen LogP contribution in [-0.4, -0.2) is 11.8 Å². The molecule has 0 spiro atoms. The molecule has 0 unspecified atom stereocenters. The SMILES string of the molecule is Nc1cc(C(=O)Nc2cccc(C#Cc3cccc4ccccc34)c2)ccc1C(=O)Nc1cccc(C#Cc2cccc3ccccc23)c1. The molecule has 7 rings (SSSR count). The molecule has 5 heteroatoms. The number of amides is 2. The fourth-order valence-corrected chi connectivity index (χ4v) is 5.61. The second-order valence-electron chi connectivity index (χ2n) is 11.4. The van der Waals surface area contributed by atoms with E-state index in [0.29, 0.717) is 16.9 Å². The molecule has 0 aromatic heterocycles. The summed E-state index contributed by atoms with van der Waals surface area (Å²) in [6.45, 7) is 0. The first-order valence-corrected chi connectivity index (χ1v) is 15.7. The average molecular weight is 632 g/mol. The Balaban J connectivity index is 1.02. The lowest BCUT2D eigenvalue weighted by Gasteiger charge is -2.10. The zero-order valence-corrected chi connectivity index (χ0v) is 26.3. The van der Waals surface area contributed by atoms with Crippen LogP contribution in [0.25, 0.3) is 21.5 Å². The minimum Gasteiger partial charge on any atom is -0.398 e. The van der Waals surface area contributed by atoms with Gasteiger partial charge in [0.2, 0.25) is 0 Å². The van der Waals surface area contributed by atoms with Gasteiger partial charge in [-0.15, -0.1) is 0 Å². The maximum absolute atomic E-state index is 13.2. The molecular formula is C44H29N3O2. The number of fused-ring (bicyclic) bond motifs is 2. The summed E-state index contributed by atoms with van der Waals surface area (Å²) in [6.07, 6.45) is 0. The monoisotopic (exact) mass is 631 g/mol. The third-order valence-electron chi connectivity index (χ3n) is 8.06. The second-order valence-corrected chi connectivity index (χ2v) is 11.4. The van der Waals surface area contributed by atoms with Gasteiger partial charge in [0.05, 0.1) is 5.56 Å². The van der Waals surface area contributed by atoms with E-state index in [2.05, 4.69) is 70.7 Å². The van der Waals surface area contributed by atoms with Crippen LogP contribution in [0, 0.1) is 23.7 Å². The lowest BCUT2D eigenvalue weighted by molar-refractivity contribution is 0.101. The van der Waals surface area contributed by atoms with Crippen LogP contribution in [0.2, 0.25) is 0 Å². The van der Waals surface area contributed by atoms with E-state index in [1.807, 2.05) is 84.9 Å². The lowest BCUT2D eigenvalue weighted by Crippen LogP contribution is -2.16. The van der Waals surface area contributed by atoms with Crippen molar-refractivity contribution in [2.24, 2.45) is 0 Å². The molecule has 232 valence electrons. The van der Waals surface area contributed by atoms with Gasteiger partial charge < -0.3 is 16.4 Å². The number of nitrogens with one attached hydrogen (secondary N) is 2. The highest BCUT2D eigenvalue weighted by molar-refractivity contribution is 6.10. The summed E-state index contributed by atoms with van der Waals surface area (Å²) < 4.78 is 0. The number of carbonyl (C=O) groups excluding carboxylic acids is 2. The molecule has 7 aromatic rings. The summed E-state index contributed by atoms with van der Waals surface area (Å²) in [4.78, 5) is 26.3. The van der Waals surface area contributed by atoms with E-state index in [-0.39, 0.29) is 23.1 Å². The largest absolute Gasteiger partial charge is 0.398 e. The Morgan fingerprint density at radius 3 is 1.51 bits per heavy atom. The van der Waals surface area contributed by atoms with Gasteiger partial charge in [-0.05, 0) is 88.3 Å². The number of benzene rings is 7. The van der Waals surface area contributed by atoms with E-state index in [1.54, 1.807) is 24.3 Å². The Hall–Kier alpha value is -7.08. The van der Waals surface area contributed by atoms with Crippen molar-refractivity contribution in [2.45, 2.75) is 0 Å². The Bertz CT molecular complexity index is 2520. The molecule has 0 heterocycles. The molecule has 0 radical (unpaired) electrons. The molecule has 49 heavy (non-hydrogen) atoms. The van der Waals surface area contributed by atoms with Crippen LogP contribution in [0.15, 0.2) is 152 Å². The van der Waals surface area contributed by atoms with Crippen molar-refractivity contribution in [1.29, 1.82) is 0 Å². The molecule has 0 atom stereocenters. The Morgan fingerprint density at radius 1 is 0.469 bits per heavy atom. The number of carbonyl (C=O) groups is 2. The van der Waals surface area contributed by atoms with Crippen LogP contribution in [0.1, 0.15) is 43.0 Å². The molecule has 7 aromatic carbocycles. The summed E-state index contributed by atoms with van der Waals surface area (Å²) in [5, 5.41) is 10.2. The number of rotatable bonds is 4. The van der Waals surface area contributed by atoms with Crippen molar-refractivity contribution >= 4 is 50.4 Å². The molecule has 0 bridgehead atoms. The number of nitrogens with two attached hydrogens (primary N) is 1. The summed E-state index contributed by atoms with van der Waals surface area (Å²) >= 11 is 0. The molecule has 0 fully saturated rings. The Morgan fingerprint density at radius 2 is 0.959 bits per heavy atom. The second kappa shape index (κ2) is 13.7. The highest BCUT2D eigenvalue weighted by Crippen LogP contribution is 2.21. The maximum atomic E-state index is 13.2. The molecule has 0 aliphatic heterocycles. The number of nitrogen functional groups attached to an aromatic ring is 1. The molecule has 0 saturated heterocycles. The summed E-state index contributed by atoms with van der Waals surface area (Å²) in [5.74, 6) is 12.2. The van der Waals surface area contributed by atoms with Gasteiger partial charge in [0.15, 0.2) is 0 Å². The van der Waals surface area contributed by atoms with Crippen molar-refractivity contribution in [2.75, 3.05) is 16.4 Å². The van der Waals surface area contributed by atoms with Crippen molar-refractivity contribution < 1.29 is 9.59 Å². The third kappa shape index (κ3) is 7.03. The molecular weight excluding hydrogens is 603 g/mol. The molecule has 2 amide bonds. The van der Waals surface area contributed by atoms with Gasteiger partial charge in [-0.3, -0.25) is 9.59 Å². The zero-order valence-electron chi connectivity index (χ0n) is 26.3. The highest BCUT2D eigenvalue weighted by Gasteiger charge is 2.14. The summed E-state index contributed by atoms with van der Waals surface area (Å²) in [7, 11) is 0. The van der Waals surface area contributed by atoms with Crippen LogP contribution < -0.4 is 16.4 Å². The fourth-order valence-electron chi connectivity index (χ4n) is 5.61. The quantitative estimate of drug-likeness (QED) is 0.134. The molecule has 0 saturated carbocycles. The molecule has 0 aliphatic rings. The topological polar surface area (TPSA) is 84.2 Å². The maximum Gasteiger partial charge on any atom is 0.257 e. The fraction of sp³-hybridized carbons (Fsp3) is 0. The summed E-state index contributed by atoms with van der Waals surface area (Å²) in [6, 6.07) is 47.7. The van der Waals surface area contributed by atoms with Crippen LogP contribution >= 0.6 is 0 Å². The van der Waals surface area contributed by atoms with E-state index in [4.69, 9.17) is 5.73 Å². The minimum absolute atomic E-state index is 0.187. The van der Waals surface area contributed by atoms with Gasteiger partial charge in [-0.25, -0.2) is 0 Å². The normalized spacial score (nSPS) is 10.4. The van der Waals surface area contributed by atoms with Gasteiger partial charge in [-0.1, -0.05) is 109 Å². The van der Waals surface area contributed by atoms with Gasteiger partial charge in [0.1, 0.15) is 0 Å². The standard InChI is InChI=1S/C44H29N3O2/c45-42-29-36(43(48)46-37-17-5-9-30(27-37)21-23-34-15-7-13-32-11-1-3-19-39(32)34)25-26-41(42)44(49)47-38-18-6-10-31(28-38)22-24-35-16-8-14-33-12-2-4-20-40(33)35/h1-20,25-29H,45H2,(H,46,48)(H,47,49).